The van der Waals surface area contributed by atoms with Crippen LogP contribution in [-0.4, -0.2) is 37.7 Å². The zero-order valence-corrected chi connectivity index (χ0v) is 8.76. The van der Waals surface area contributed by atoms with Gasteiger partial charge in [0.2, 0.25) is 0 Å². The predicted octanol–water partition coefficient (Wildman–Crippen LogP) is 1.75. The summed E-state index contributed by atoms with van der Waals surface area (Å²) in [6, 6.07) is 0. The van der Waals surface area contributed by atoms with Crippen molar-refractivity contribution < 1.29 is 4.74 Å². The molecule has 0 amide bonds. The number of rotatable bonds is 1. The molecule has 12 heavy (non-hydrogen) atoms. The molecule has 1 aliphatic rings. The predicted molar refractivity (Wildman–Crippen MR) is 51.3 cm³/mol. The average molecular weight is 171 g/mol. The molecule has 1 aliphatic heterocycles. The number of ether oxygens (including phenoxy) is 1. The van der Waals surface area contributed by atoms with Crippen LogP contribution in [0.1, 0.15) is 27.2 Å². The number of nitrogens with zero attached hydrogens (tertiary/aromatic N) is 1. The molecule has 1 heterocycles. The Morgan fingerprint density at radius 3 is 2.58 bits per heavy atom. The van der Waals surface area contributed by atoms with Crippen LogP contribution in [0.5, 0.6) is 0 Å². The molecule has 1 fully saturated rings. The van der Waals surface area contributed by atoms with Gasteiger partial charge in [0.05, 0.1) is 12.7 Å². The highest BCUT2D eigenvalue weighted by atomic mass is 16.5. The quantitative estimate of drug-likeness (QED) is 0.596. The normalized spacial score (nSPS) is 27.5. The monoisotopic (exact) mass is 171 g/mol. The fourth-order valence-electron chi connectivity index (χ4n) is 1.67. The topological polar surface area (TPSA) is 12.5 Å². The molecule has 0 spiro atoms. The molecule has 2 nitrogen and oxygen atoms in total. The summed E-state index contributed by atoms with van der Waals surface area (Å²) in [4.78, 5) is 2.35. The van der Waals surface area contributed by atoms with Crippen molar-refractivity contribution in [2.75, 3.05) is 26.7 Å². The summed E-state index contributed by atoms with van der Waals surface area (Å²) in [6.45, 7) is 9.88. The third-order valence-corrected chi connectivity index (χ3v) is 2.18. The maximum Gasteiger partial charge on any atom is 0.0707 e. The molecule has 1 saturated heterocycles. The van der Waals surface area contributed by atoms with Gasteiger partial charge in [-0.1, -0.05) is 20.8 Å². The van der Waals surface area contributed by atoms with E-state index in [1.54, 1.807) is 0 Å². The molecule has 2 heteroatoms. The van der Waals surface area contributed by atoms with Crippen molar-refractivity contribution >= 4 is 0 Å². The SMILES string of the molecule is CN1CCO[C@H](CC(C)(C)C)C1. The minimum absolute atomic E-state index is 0.392. The lowest BCUT2D eigenvalue weighted by atomic mass is 9.89. The van der Waals surface area contributed by atoms with Crippen LogP contribution in [0, 0.1) is 5.41 Å². The maximum absolute atomic E-state index is 5.68. The van der Waals surface area contributed by atoms with Gasteiger partial charge in [-0.2, -0.15) is 0 Å². The number of hydrogen-bond donors (Lipinski definition) is 0. The second-order valence-corrected chi connectivity index (χ2v) is 5.02. The lowest BCUT2D eigenvalue weighted by Crippen LogP contribution is -2.41. The molecule has 0 N–H and O–H groups in total. The Hall–Kier alpha value is -0.0800. The van der Waals surface area contributed by atoms with Gasteiger partial charge in [0.1, 0.15) is 0 Å². The summed E-state index contributed by atoms with van der Waals surface area (Å²) in [5, 5.41) is 0. The zero-order chi connectivity index (χ0) is 9.19. The number of likely N-dealkylation sites (N-methyl/N-ethyl adjacent to an activating group) is 1. The van der Waals surface area contributed by atoms with E-state index in [-0.39, 0.29) is 0 Å². The summed E-state index contributed by atoms with van der Waals surface area (Å²) in [5.74, 6) is 0. The van der Waals surface area contributed by atoms with Crippen LogP contribution in [0.2, 0.25) is 0 Å². The molecule has 0 saturated carbocycles. The Bertz CT molecular complexity index is 139. The summed E-state index contributed by atoms with van der Waals surface area (Å²) in [5.41, 5.74) is 0.392. The molecule has 0 aliphatic carbocycles. The zero-order valence-electron chi connectivity index (χ0n) is 8.76. The van der Waals surface area contributed by atoms with E-state index in [9.17, 15) is 0 Å². The van der Waals surface area contributed by atoms with E-state index < -0.39 is 0 Å². The summed E-state index contributed by atoms with van der Waals surface area (Å²) in [7, 11) is 2.16. The van der Waals surface area contributed by atoms with E-state index in [4.69, 9.17) is 4.74 Å². The molecular weight excluding hydrogens is 150 g/mol. The highest BCUT2D eigenvalue weighted by Gasteiger charge is 2.23. The second kappa shape index (κ2) is 3.75. The fraction of sp³-hybridized carbons (Fsp3) is 1.00. The van der Waals surface area contributed by atoms with Gasteiger partial charge in [0.25, 0.3) is 0 Å². The lowest BCUT2D eigenvalue weighted by molar-refractivity contribution is -0.0375. The standard InChI is InChI=1S/C10H21NO/c1-10(2,3)7-9-8-11(4)5-6-12-9/h9H,5-8H2,1-4H3/t9-/m1/s1. The molecular formula is C10H21NO. The van der Waals surface area contributed by atoms with Gasteiger partial charge in [-0.15, -0.1) is 0 Å². The van der Waals surface area contributed by atoms with Crippen LogP contribution in [-0.2, 0) is 4.74 Å². The highest BCUT2D eigenvalue weighted by molar-refractivity contribution is 4.74. The molecule has 1 atom stereocenters. The Balaban J connectivity index is 2.32. The van der Waals surface area contributed by atoms with E-state index in [1.807, 2.05) is 0 Å². The van der Waals surface area contributed by atoms with Crippen LogP contribution in [0.4, 0.5) is 0 Å². The largest absolute Gasteiger partial charge is 0.376 e. The molecule has 72 valence electrons. The summed E-state index contributed by atoms with van der Waals surface area (Å²) >= 11 is 0. The van der Waals surface area contributed by atoms with Crippen LogP contribution in [0.3, 0.4) is 0 Å². The van der Waals surface area contributed by atoms with Crippen molar-refractivity contribution in [3.63, 3.8) is 0 Å². The van der Waals surface area contributed by atoms with E-state index in [2.05, 4.69) is 32.7 Å². The van der Waals surface area contributed by atoms with Gasteiger partial charge in [-0.3, -0.25) is 0 Å². The van der Waals surface area contributed by atoms with Crippen molar-refractivity contribution in [3.05, 3.63) is 0 Å². The minimum Gasteiger partial charge on any atom is -0.376 e. The Labute approximate surface area is 75.9 Å². The highest BCUT2D eigenvalue weighted by Crippen LogP contribution is 2.23. The third kappa shape index (κ3) is 3.55. The van der Waals surface area contributed by atoms with Crippen molar-refractivity contribution in [2.45, 2.75) is 33.3 Å². The molecule has 0 unspecified atom stereocenters. The summed E-state index contributed by atoms with van der Waals surface area (Å²) < 4.78 is 5.68. The smallest absolute Gasteiger partial charge is 0.0707 e. The van der Waals surface area contributed by atoms with Crippen LogP contribution in [0.15, 0.2) is 0 Å². The first-order chi connectivity index (χ1) is 5.47. The van der Waals surface area contributed by atoms with Gasteiger partial charge in [-0.05, 0) is 18.9 Å². The molecule has 0 radical (unpaired) electrons. The maximum atomic E-state index is 5.68. The van der Waals surface area contributed by atoms with Crippen molar-refractivity contribution in [1.29, 1.82) is 0 Å². The first kappa shape index (κ1) is 10.0. The van der Waals surface area contributed by atoms with Crippen molar-refractivity contribution in [2.24, 2.45) is 5.41 Å². The van der Waals surface area contributed by atoms with Gasteiger partial charge in [-0.25, -0.2) is 0 Å². The fourth-order valence-corrected chi connectivity index (χ4v) is 1.67. The van der Waals surface area contributed by atoms with Crippen LogP contribution >= 0.6 is 0 Å². The summed E-state index contributed by atoms with van der Waals surface area (Å²) in [6.07, 6.45) is 1.61. The van der Waals surface area contributed by atoms with E-state index in [0.29, 0.717) is 11.5 Å². The van der Waals surface area contributed by atoms with Crippen molar-refractivity contribution in [1.82, 2.24) is 4.90 Å². The molecule has 1 rings (SSSR count). The molecule has 0 aromatic carbocycles. The van der Waals surface area contributed by atoms with E-state index in [0.717, 1.165) is 26.1 Å². The van der Waals surface area contributed by atoms with Gasteiger partial charge in [0, 0.05) is 13.1 Å². The third-order valence-electron chi connectivity index (χ3n) is 2.18. The minimum atomic E-state index is 0.392. The second-order valence-electron chi connectivity index (χ2n) is 5.02. The number of morpholine rings is 1. The van der Waals surface area contributed by atoms with Crippen LogP contribution in [0.25, 0.3) is 0 Å². The first-order valence-corrected chi connectivity index (χ1v) is 4.77. The Morgan fingerprint density at radius 2 is 2.08 bits per heavy atom. The van der Waals surface area contributed by atoms with Gasteiger partial charge < -0.3 is 9.64 Å². The molecule has 0 aromatic rings. The van der Waals surface area contributed by atoms with Gasteiger partial charge in [0.15, 0.2) is 0 Å². The van der Waals surface area contributed by atoms with Crippen molar-refractivity contribution in [3.8, 4) is 0 Å². The van der Waals surface area contributed by atoms with E-state index in [1.165, 1.54) is 0 Å². The number of hydrogen-bond acceptors (Lipinski definition) is 2. The molecule has 0 aromatic heterocycles. The Kier molecular flexibility index (Phi) is 3.13. The Morgan fingerprint density at radius 1 is 1.42 bits per heavy atom. The van der Waals surface area contributed by atoms with Crippen LogP contribution < -0.4 is 0 Å². The first-order valence-electron chi connectivity index (χ1n) is 4.77. The average Bonchev–Trinajstić information content (AvgIpc) is 1.82. The van der Waals surface area contributed by atoms with Gasteiger partial charge >= 0.3 is 0 Å². The van der Waals surface area contributed by atoms with E-state index >= 15 is 0 Å². The lowest BCUT2D eigenvalue weighted by Gasteiger charge is -2.33. The molecule has 0 bridgehead atoms.